The second kappa shape index (κ2) is 9.57. The smallest absolute Gasteiger partial charge is 0.140 e. The van der Waals surface area contributed by atoms with Gasteiger partial charge in [-0.3, -0.25) is 0 Å². The summed E-state index contributed by atoms with van der Waals surface area (Å²) in [7, 11) is 1.67. The molecule has 0 N–H and O–H groups in total. The zero-order valence-corrected chi connectivity index (χ0v) is 17.5. The average Bonchev–Trinajstić information content (AvgIpc) is 2.81. The molecule has 0 saturated heterocycles. The van der Waals surface area contributed by atoms with Crippen LogP contribution in [0, 0.1) is 0 Å². The summed E-state index contributed by atoms with van der Waals surface area (Å²) in [6.07, 6.45) is 1.75. The molecule has 0 radical (unpaired) electrons. The van der Waals surface area contributed by atoms with E-state index in [4.69, 9.17) is 21.3 Å². The predicted molar refractivity (Wildman–Crippen MR) is 123 cm³/mol. The Bertz CT molecular complexity index is 1030. The molecule has 0 spiro atoms. The average molecular weight is 415 g/mol. The van der Waals surface area contributed by atoms with E-state index in [9.17, 15) is 0 Å². The van der Waals surface area contributed by atoms with Crippen LogP contribution in [-0.2, 0) is 11.3 Å². The number of halogens is 1. The number of anilines is 2. The maximum Gasteiger partial charge on any atom is 0.140 e. The molecule has 150 valence electrons. The third kappa shape index (κ3) is 4.23. The lowest BCUT2D eigenvalue weighted by Crippen LogP contribution is -2.27. The molecule has 0 atom stereocenters. The Morgan fingerprint density at radius 3 is 1.87 bits per heavy atom. The van der Waals surface area contributed by atoms with Gasteiger partial charge in [-0.25, -0.2) is 4.98 Å². The minimum atomic E-state index is -0.0867. The molecule has 4 rings (SSSR count). The Labute approximate surface area is 182 Å². The summed E-state index contributed by atoms with van der Waals surface area (Å²) in [4.78, 5) is 7.01. The molecule has 0 amide bonds. The van der Waals surface area contributed by atoms with Crippen molar-refractivity contribution < 1.29 is 4.74 Å². The quantitative estimate of drug-likeness (QED) is 0.332. The maximum atomic E-state index is 6.59. The van der Waals surface area contributed by atoms with Gasteiger partial charge in [0.25, 0.3) is 0 Å². The van der Waals surface area contributed by atoms with Crippen LogP contribution >= 0.6 is 11.6 Å². The lowest BCUT2D eigenvalue weighted by Gasteiger charge is -2.35. The lowest BCUT2D eigenvalue weighted by atomic mass is 9.96. The van der Waals surface area contributed by atoms with Crippen LogP contribution < -0.4 is 4.90 Å². The van der Waals surface area contributed by atoms with Crippen molar-refractivity contribution >= 4 is 23.1 Å². The molecule has 3 aromatic carbocycles. The number of hydrogen-bond donors (Lipinski definition) is 0. The van der Waals surface area contributed by atoms with Gasteiger partial charge in [-0.1, -0.05) is 90.5 Å². The molecular formula is C26H23ClN2O. The summed E-state index contributed by atoms with van der Waals surface area (Å²) in [6.45, 7) is 0.377. The fraction of sp³-hybridized carbons (Fsp3) is 0.115. The molecule has 30 heavy (non-hydrogen) atoms. The van der Waals surface area contributed by atoms with E-state index in [1.807, 2.05) is 36.4 Å². The van der Waals surface area contributed by atoms with E-state index in [1.54, 1.807) is 13.3 Å². The van der Waals surface area contributed by atoms with Gasteiger partial charge in [0.15, 0.2) is 0 Å². The van der Waals surface area contributed by atoms with Crippen molar-refractivity contribution in [1.82, 2.24) is 4.98 Å². The first-order valence-corrected chi connectivity index (χ1v) is 10.2. The number of aromatic nitrogens is 1. The van der Waals surface area contributed by atoms with Gasteiger partial charge in [0.2, 0.25) is 0 Å². The Morgan fingerprint density at radius 2 is 1.33 bits per heavy atom. The maximum absolute atomic E-state index is 6.59. The number of hydrogen-bond acceptors (Lipinski definition) is 3. The third-order valence-electron chi connectivity index (χ3n) is 5.02. The van der Waals surface area contributed by atoms with Crippen molar-refractivity contribution in [3.05, 3.63) is 125 Å². The highest BCUT2D eigenvalue weighted by molar-refractivity contribution is 6.31. The van der Waals surface area contributed by atoms with Gasteiger partial charge in [-0.2, -0.15) is 0 Å². The van der Waals surface area contributed by atoms with Gasteiger partial charge in [-0.15, -0.1) is 0 Å². The largest absolute Gasteiger partial charge is 0.380 e. The Balaban J connectivity index is 1.99. The van der Waals surface area contributed by atoms with Crippen molar-refractivity contribution in [2.75, 3.05) is 12.0 Å². The van der Waals surface area contributed by atoms with Gasteiger partial charge < -0.3 is 9.64 Å². The van der Waals surface area contributed by atoms with Crippen molar-refractivity contribution in [3.8, 4) is 0 Å². The van der Waals surface area contributed by atoms with Gasteiger partial charge in [0, 0.05) is 24.6 Å². The molecule has 0 unspecified atom stereocenters. The molecular weight excluding hydrogens is 392 g/mol. The number of nitrogens with zero attached hydrogens (tertiary/aromatic N) is 2. The second-order valence-corrected chi connectivity index (χ2v) is 7.36. The number of para-hydroxylation sites is 1. The van der Waals surface area contributed by atoms with E-state index < -0.39 is 0 Å². The van der Waals surface area contributed by atoms with E-state index >= 15 is 0 Å². The fourth-order valence-electron chi connectivity index (χ4n) is 3.69. The van der Waals surface area contributed by atoms with Crippen LogP contribution in [0.15, 0.2) is 103 Å². The number of rotatable bonds is 7. The normalized spacial score (nSPS) is 10.9. The zero-order chi connectivity index (χ0) is 20.8. The highest BCUT2D eigenvalue weighted by atomic mass is 35.5. The third-order valence-corrected chi connectivity index (χ3v) is 5.37. The summed E-state index contributed by atoms with van der Waals surface area (Å²) in [5.41, 5.74) is 4.22. The highest BCUT2D eigenvalue weighted by Gasteiger charge is 2.28. The fourth-order valence-corrected chi connectivity index (χ4v) is 3.88. The SMILES string of the molecule is COCc1c(Cl)ccnc1N(c1ccccc1)C(c1ccccc1)c1ccccc1. The van der Waals surface area contributed by atoms with Crippen LogP contribution in [0.25, 0.3) is 0 Å². The molecule has 1 heterocycles. The van der Waals surface area contributed by atoms with Gasteiger partial charge in [0.05, 0.1) is 17.7 Å². The summed E-state index contributed by atoms with van der Waals surface area (Å²) in [5, 5.41) is 0.641. The number of ether oxygens (including phenoxy) is 1. The summed E-state index contributed by atoms with van der Waals surface area (Å²) >= 11 is 6.59. The minimum Gasteiger partial charge on any atom is -0.380 e. The molecule has 4 heteroatoms. The molecule has 1 aromatic heterocycles. The summed E-state index contributed by atoms with van der Waals surface area (Å²) in [5.74, 6) is 0.785. The topological polar surface area (TPSA) is 25.4 Å². The molecule has 3 nitrogen and oxygen atoms in total. The van der Waals surface area contributed by atoms with Crippen LogP contribution in [0.1, 0.15) is 22.7 Å². The minimum absolute atomic E-state index is 0.0867. The van der Waals surface area contributed by atoms with E-state index in [-0.39, 0.29) is 6.04 Å². The van der Waals surface area contributed by atoms with Crippen molar-refractivity contribution in [3.63, 3.8) is 0 Å². The van der Waals surface area contributed by atoms with Crippen molar-refractivity contribution in [2.24, 2.45) is 0 Å². The van der Waals surface area contributed by atoms with Gasteiger partial charge in [-0.05, 0) is 29.3 Å². The first-order valence-electron chi connectivity index (χ1n) is 9.86. The first-order chi connectivity index (χ1) is 14.8. The van der Waals surface area contributed by atoms with Crippen LogP contribution in [-0.4, -0.2) is 12.1 Å². The monoisotopic (exact) mass is 414 g/mol. The van der Waals surface area contributed by atoms with Gasteiger partial charge >= 0.3 is 0 Å². The molecule has 0 saturated carbocycles. The van der Waals surface area contributed by atoms with Crippen molar-refractivity contribution in [1.29, 1.82) is 0 Å². The molecule has 0 aliphatic carbocycles. The van der Waals surface area contributed by atoms with E-state index in [1.165, 1.54) is 0 Å². The Morgan fingerprint density at radius 1 is 0.800 bits per heavy atom. The molecule has 0 aliphatic heterocycles. The number of methoxy groups -OCH3 is 1. The first kappa shape index (κ1) is 20.1. The molecule has 0 aliphatic rings. The Kier molecular flexibility index (Phi) is 6.43. The molecule has 4 aromatic rings. The predicted octanol–water partition coefficient (Wildman–Crippen LogP) is 6.81. The standard InChI is InChI=1S/C26H23ClN2O/c1-30-19-23-24(27)17-18-28-26(23)29(22-15-9-4-10-16-22)25(20-11-5-2-6-12-20)21-13-7-3-8-14-21/h2-18,25H,19H2,1H3. The summed E-state index contributed by atoms with van der Waals surface area (Å²) < 4.78 is 5.48. The van der Waals surface area contributed by atoms with Crippen LogP contribution in [0.2, 0.25) is 5.02 Å². The Hall–Kier alpha value is -3.14. The number of benzene rings is 3. The van der Waals surface area contributed by atoms with Crippen LogP contribution in [0.4, 0.5) is 11.5 Å². The van der Waals surface area contributed by atoms with Crippen LogP contribution in [0.3, 0.4) is 0 Å². The molecule has 0 bridgehead atoms. The summed E-state index contributed by atoms with van der Waals surface area (Å²) in [6, 6.07) is 32.9. The lowest BCUT2D eigenvalue weighted by molar-refractivity contribution is 0.185. The van der Waals surface area contributed by atoms with E-state index in [2.05, 4.69) is 65.6 Å². The van der Waals surface area contributed by atoms with Crippen LogP contribution in [0.5, 0.6) is 0 Å². The number of pyridine rings is 1. The van der Waals surface area contributed by atoms with E-state index in [0.717, 1.165) is 28.2 Å². The molecule has 0 fully saturated rings. The zero-order valence-electron chi connectivity index (χ0n) is 16.8. The van der Waals surface area contributed by atoms with Gasteiger partial charge in [0.1, 0.15) is 5.82 Å². The van der Waals surface area contributed by atoms with Crippen molar-refractivity contribution in [2.45, 2.75) is 12.6 Å². The highest BCUT2D eigenvalue weighted by Crippen LogP contribution is 2.41. The second-order valence-electron chi connectivity index (χ2n) is 6.96. The van der Waals surface area contributed by atoms with E-state index in [0.29, 0.717) is 11.6 Å².